The second-order valence-electron chi connectivity index (χ2n) is 12.2. The number of hydrogen-bond acceptors (Lipinski definition) is 3. The largest absolute Gasteiger partial charge is 0.412 e. The molecule has 0 unspecified atom stereocenters. The van der Waals surface area contributed by atoms with E-state index in [9.17, 15) is 0 Å². The molecule has 0 bridgehead atoms. The van der Waals surface area contributed by atoms with Crippen molar-refractivity contribution >= 4 is 0 Å². The van der Waals surface area contributed by atoms with Gasteiger partial charge < -0.3 is 20.6 Å². The summed E-state index contributed by atoms with van der Waals surface area (Å²) < 4.78 is 5.01. The lowest BCUT2D eigenvalue weighted by Gasteiger charge is -2.10. The van der Waals surface area contributed by atoms with Crippen LogP contribution in [0.2, 0.25) is 0 Å². The molecule has 0 aliphatic carbocycles. The molecular weight excluding hydrogens is 518 g/mol. The summed E-state index contributed by atoms with van der Waals surface area (Å²) in [5, 5.41) is 12.1. The number of methoxy groups -OCH3 is 1. The molecule has 0 aliphatic heterocycles. The van der Waals surface area contributed by atoms with Crippen LogP contribution in [-0.2, 0) is 4.74 Å². The van der Waals surface area contributed by atoms with Crippen molar-refractivity contribution in [2.24, 2.45) is 5.92 Å². The highest BCUT2D eigenvalue weighted by atomic mass is 16.5. The minimum atomic E-state index is 0. The van der Waals surface area contributed by atoms with E-state index in [2.05, 4.69) is 39.9 Å². The molecule has 42 heavy (non-hydrogen) atoms. The predicted molar refractivity (Wildman–Crippen MR) is 194 cm³/mol. The SMILES string of the molecule is C.CCCCC.CCCCCCCCC(C)CCCCCCCC.COCCCCCCNCCCCCCCO.O. The van der Waals surface area contributed by atoms with Gasteiger partial charge in [-0.3, -0.25) is 0 Å². The van der Waals surface area contributed by atoms with E-state index in [0.29, 0.717) is 6.61 Å². The number of nitrogens with one attached hydrogen (secondary N) is 1. The van der Waals surface area contributed by atoms with Crippen molar-refractivity contribution < 1.29 is 15.3 Å². The molecule has 0 fully saturated rings. The Balaban J connectivity index is -0.000000180. The van der Waals surface area contributed by atoms with Crippen LogP contribution in [0.3, 0.4) is 0 Å². The predicted octanol–water partition coefficient (Wildman–Crippen LogP) is 11.9. The Labute approximate surface area is 268 Å². The lowest BCUT2D eigenvalue weighted by atomic mass is 9.96. The maximum absolute atomic E-state index is 8.62. The van der Waals surface area contributed by atoms with Crippen molar-refractivity contribution in [3.8, 4) is 0 Å². The average molecular weight is 606 g/mol. The van der Waals surface area contributed by atoms with Gasteiger partial charge >= 0.3 is 0 Å². The number of aliphatic hydroxyl groups excluding tert-OH is 1. The molecule has 0 atom stereocenters. The van der Waals surface area contributed by atoms with Crippen LogP contribution in [0.15, 0.2) is 0 Å². The molecule has 0 aliphatic rings. The van der Waals surface area contributed by atoms with Gasteiger partial charge in [0.1, 0.15) is 0 Å². The zero-order chi connectivity index (χ0) is 30.2. The fraction of sp³-hybridized carbons (Fsp3) is 1.00. The summed E-state index contributed by atoms with van der Waals surface area (Å²) in [6, 6.07) is 0. The van der Waals surface area contributed by atoms with Crippen molar-refractivity contribution in [1.29, 1.82) is 0 Å². The number of rotatable bonds is 30. The first kappa shape index (κ1) is 51.4. The van der Waals surface area contributed by atoms with E-state index in [-0.39, 0.29) is 12.9 Å². The molecule has 0 rings (SSSR count). The van der Waals surface area contributed by atoms with E-state index < -0.39 is 0 Å². The number of hydrogen-bond donors (Lipinski definition) is 2. The highest BCUT2D eigenvalue weighted by molar-refractivity contribution is 4.56. The van der Waals surface area contributed by atoms with Gasteiger partial charge in [-0.15, -0.1) is 0 Å². The first-order valence-electron chi connectivity index (χ1n) is 18.4. The highest BCUT2D eigenvalue weighted by Crippen LogP contribution is 2.18. The zero-order valence-corrected chi connectivity index (χ0v) is 29.6. The normalized spacial score (nSPS) is 10.3. The van der Waals surface area contributed by atoms with Crippen LogP contribution in [0, 0.1) is 5.92 Å². The average Bonchev–Trinajstić information content (AvgIpc) is 2.96. The summed E-state index contributed by atoms with van der Waals surface area (Å²) in [5.41, 5.74) is 0. The van der Waals surface area contributed by atoms with E-state index in [1.54, 1.807) is 7.11 Å². The van der Waals surface area contributed by atoms with Gasteiger partial charge in [-0.25, -0.2) is 0 Å². The van der Waals surface area contributed by atoms with Crippen molar-refractivity contribution in [3.63, 3.8) is 0 Å². The molecule has 4 N–H and O–H groups in total. The van der Waals surface area contributed by atoms with Crippen LogP contribution in [0.1, 0.15) is 209 Å². The molecule has 0 aromatic carbocycles. The molecule has 0 aromatic heterocycles. The molecule has 0 heterocycles. The zero-order valence-electron chi connectivity index (χ0n) is 29.6. The quantitative estimate of drug-likeness (QED) is 0.0800. The summed E-state index contributed by atoms with van der Waals surface area (Å²) in [4.78, 5) is 0. The third kappa shape index (κ3) is 59.3. The van der Waals surface area contributed by atoms with Crippen LogP contribution in [0.25, 0.3) is 0 Å². The van der Waals surface area contributed by atoms with Crippen LogP contribution in [0.4, 0.5) is 0 Å². The van der Waals surface area contributed by atoms with Crippen LogP contribution < -0.4 is 5.32 Å². The van der Waals surface area contributed by atoms with Gasteiger partial charge in [0.25, 0.3) is 0 Å². The van der Waals surface area contributed by atoms with Crippen molar-refractivity contribution in [2.45, 2.75) is 209 Å². The van der Waals surface area contributed by atoms with Crippen LogP contribution in [0.5, 0.6) is 0 Å². The van der Waals surface area contributed by atoms with Gasteiger partial charge in [-0.2, -0.15) is 0 Å². The summed E-state index contributed by atoms with van der Waals surface area (Å²) in [6.07, 6.45) is 35.4. The van der Waals surface area contributed by atoms with E-state index >= 15 is 0 Å². The van der Waals surface area contributed by atoms with Gasteiger partial charge in [-0.05, 0) is 44.7 Å². The van der Waals surface area contributed by atoms with Crippen molar-refractivity contribution in [1.82, 2.24) is 5.32 Å². The van der Waals surface area contributed by atoms with Gasteiger partial charge in [0.05, 0.1) is 0 Å². The Bertz CT molecular complexity index is 349. The lowest BCUT2D eigenvalue weighted by Crippen LogP contribution is -2.16. The smallest absolute Gasteiger partial charge is 0.0462 e. The number of unbranched alkanes of at least 4 members (excludes halogenated alkanes) is 19. The fourth-order valence-electron chi connectivity index (χ4n) is 4.91. The Kier molecular flexibility index (Phi) is 65.4. The molecule has 0 aromatic rings. The first-order valence-corrected chi connectivity index (χ1v) is 18.4. The molecular formula is C38H87NO3. The Morgan fingerprint density at radius 2 is 0.857 bits per heavy atom. The Hall–Kier alpha value is -0.160. The summed E-state index contributed by atoms with van der Waals surface area (Å²) >= 11 is 0. The summed E-state index contributed by atoms with van der Waals surface area (Å²) in [6.45, 7) is 15.0. The third-order valence-electron chi connectivity index (χ3n) is 7.77. The first-order chi connectivity index (χ1) is 19.6. The number of aliphatic hydroxyl groups is 1. The molecule has 0 saturated carbocycles. The molecule has 0 spiro atoms. The molecule has 262 valence electrons. The maximum Gasteiger partial charge on any atom is 0.0462 e. The molecule has 0 amide bonds. The monoisotopic (exact) mass is 606 g/mol. The Morgan fingerprint density at radius 3 is 1.24 bits per heavy atom. The lowest BCUT2D eigenvalue weighted by molar-refractivity contribution is 0.192. The summed E-state index contributed by atoms with van der Waals surface area (Å²) in [5.74, 6) is 0.974. The Morgan fingerprint density at radius 1 is 0.500 bits per heavy atom. The van der Waals surface area contributed by atoms with Crippen LogP contribution in [-0.4, -0.2) is 44.0 Å². The van der Waals surface area contributed by atoms with E-state index in [0.717, 1.165) is 32.0 Å². The minimum Gasteiger partial charge on any atom is -0.412 e. The fourth-order valence-corrected chi connectivity index (χ4v) is 4.91. The van der Waals surface area contributed by atoms with Gasteiger partial charge in [0, 0.05) is 20.3 Å². The minimum absolute atomic E-state index is 0. The van der Waals surface area contributed by atoms with Crippen LogP contribution >= 0.6 is 0 Å². The highest BCUT2D eigenvalue weighted by Gasteiger charge is 2.02. The van der Waals surface area contributed by atoms with E-state index in [1.807, 2.05) is 0 Å². The molecule has 4 nitrogen and oxygen atoms in total. The summed E-state index contributed by atoms with van der Waals surface area (Å²) in [7, 11) is 1.77. The second kappa shape index (κ2) is 53.4. The standard InChI is InChI=1S/C18H38.C14H31NO2.C5H12.CH4.H2O/c1-4-6-8-10-12-14-16-18(3)17-15-13-11-9-7-5-2;1-17-14-10-6-4-8-12-15-11-7-3-2-5-9-13-16;1-3-5-4-2;;/h18H,4-17H2,1-3H3;15-16H,2-14H2,1H3;3-5H2,1-2H3;1H4;1H2. The third-order valence-corrected chi connectivity index (χ3v) is 7.77. The number of ether oxygens (including phenoxy) is 1. The molecule has 0 radical (unpaired) electrons. The molecule has 0 saturated heterocycles. The topological polar surface area (TPSA) is 73.0 Å². The molecule has 4 heteroatoms. The van der Waals surface area contributed by atoms with E-state index in [1.165, 1.54) is 161 Å². The second-order valence-corrected chi connectivity index (χ2v) is 12.2. The van der Waals surface area contributed by atoms with Gasteiger partial charge in [-0.1, -0.05) is 183 Å². The van der Waals surface area contributed by atoms with Crippen molar-refractivity contribution in [2.75, 3.05) is 33.4 Å². The van der Waals surface area contributed by atoms with E-state index in [4.69, 9.17) is 9.84 Å². The van der Waals surface area contributed by atoms with Gasteiger partial charge in [0.2, 0.25) is 0 Å². The maximum atomic E-state index is 8.62. The van der Waals surface area contributed by atoms with Crippen molar-refractivity contribution in [3.05, 3.63) is 0 Å². The van der Waals surface area contributed by atoms with Gasteiger partial charge in [0.15, 0.2) is 0 Å².